The van der Waals surface area contributed by atoms with Gasteiger partial charge in [0.25, 0.3) is 0 Å². The van der Waals surface area contributed by atoms with Crippen LogP contribution in [0.5, 0.6) is 0 Å². The third-order valence-corrected chi connectivity index (χ3v) is 2.16. The summed E-state index contributed by atoms with van der Waals surface area (Å²) in [5.41, 5.74) is 7.34. The number of benzene rings is 2. The van der Waals surface area contributed by atoms with Crippen LogP contribution in [0.1, 0.15) is 5.56 Å². The van der Waals surface area contributed by atoms with Crippen molar-refractivity contribution in [3.8, 4) is 0 Å². The van der Waals surface area contributed by atoms with Gasteiger partial charge in [-0.05, 0) is 5.39 Å². The van der Waals surface area contributed by atoms with E-state index in [0.717, 1.165) is 16.3 Å². The maximum atomic E-state index is 7.15. The molecule has 0 heterocycles. The Labute approximate surface area is 76.5 Å². The molecule has 13 heavy (non-hydrogen) atoms. The number of nitrogens with two attached hydrogens (primary N) is 1. The molecule has 0 amide bonds. The summed E-state index contributed by atoms with van der Waals surface area (Å²) in [4.78, 5) is 0. The highest BCUT2D eigenvalue weighted by Crippen LogP contribution is 2.23. The molecule has 0 atom stereocenters. The van der Waals surface area contributed by atoms with Crippen molar-refractivity contribution >= 4 is 22.7 Å². The fourth-order valence-corrected chi connectivity index (χ4v) is 1.44. The molecule has 0 saturated carbocycles. The van der Waals surface area contributed by atoms with E-state index >= 15 is 0 Å². The van der Waals surface area contributed by atoms with E-state index in [1.54, 1.807) is 0 Å². The highest BCUT2D eigenvalue weighted by atomic mass is 14.6. The summed E-state index contributed by atoms with van der Waals surface area (Å²) < 4.78 is 0. The zero-order valence-electron chi connectivity index (χ0n) is 7.12. The molecule has 0 radical (unpaired) electrons. The van der Waals surface area contributed by atoms with Gasteiger partial charge in [0.15, 0.2) is 0 Å². The SMILES string of the molecule is N=Cc1ccc2ccccc2c1N. The predicted molar refractivity (Wildman–Crippen MR) is 56.2 cm³/mol. The third kappa shape index (κ3) is 1.16. The molecule has 2 aromatic carbocycles. The quantitative estimate of drug-likeness (QED) is 0.501. The lowest BCUT2D eigenvalue weighted by Gasteiger charge is -2.04. The Morgan fingerprint density at radius 1 is 1.08 bits per heavy atom. The molecule has 3 N–H and O–H groups in total. The highest BCUT2D eigenvalue weighted by Gasteiger charge is 2.00. The van der Waals surface area contributed by atoms with Crippen LogP contribution in [-0.2, 0) is 0 Å². The minimum absolute atomic E-state index is 0.688. The lowest BCUT2D eigenvalue weighted by atomic mass is 10.1. The van der Waals surface area contributed by atoms with Gasteiger partial charge in [-0.3, -0.25) is 0 Å². The van der Waals surface area contributed by atoms with Gasteiger partial charge in [0.1, 0.15) is 0 Å². The van der Waals surface area contributed by atoms with Crippen LogP contribution in [0, 0.1) is 5.41 Å². The lowest BCUT2D eigenvalue weighted by molar-refractivity contribution is 1.55. The Balaban J connectivity index is 2.86. The zero-order chi connectivity index (χ0) is 9.26. The molecule has 64 valence electrons. The van der Waals surface area contributed by atoms with Gasteiger partial charge in [-0.2, -0.15) is 0 Å². The second-order valence-electron chi connectivity index (χ2n) is 2.93. The van der Waals surface area contributed by atoms with E-state index < -0.39 is 0 Å². The Bertz CT molecular complexity index is 461. The largest absolute Gasteiger partial charge is 0.398 e. The standard InChI is InChI=1S/C11H10N2/c12-7-9-6-5-8-3-1-2-4-10(8)11(9)13/h1-7,12H,13H2. The molecule has 2 aromatic rings. The van der Waals surface area contributed by atoms with Crippen molar-refractivity contribution in [2.24, 2.45) is 0 Å². The number of hydrogen-bond acceptors (Lipinski definition) is 2. The van der Waals surface area contributed by atoms with E-state index in [-0.39, 0.29) is 0 Å². The van der Waals surface area contributed by atoms with Crippen molar-refractivity contribution in [3.63, 3.8) is 0 Å². The molecule has 0 fully saturated rings. The van der Waals surface area contributed by atoms with Gasteiger partial charge in [0, 0.05) is 22.9 Å². The first-order valence-electron chi connectivity index (χ1n) is 4.10. The Morgan fingerprint density at radius 2 is 1.85 bits per heavy atom. The maximum absolute atomic E-state index is 7.15. The van der Waals surface area contributed by atoms with E-state index in [1.165, 1.54) is 6.21 Å². The van der Waals surface area contributed by atoms with Crippen LogP contribution >= 0.6 is 0 Å². The fourth-order valence-electron chi connectivity index (χ4n) is 1.44. The predicted octanol–water partition coefficient (Wildman–Crippen LogP) is 2.42. The molecular weight excluding hydrogens is 160 g/mol. The van der Waals surface area contributed by atoms with Crippen molar-refractivity contribution in [3.05, 3.63) is 42.0 Å². The van der Waals surface area contributed by atoms with Crippen LogP contribution in [0.4, 0.5) is 5.69 Å². The average Bonchev–Trinajstić information content (AvgIpc) is 2.19. The monoisotopic (exact) mass is 170 g/mol. The minimum atomic E-state index is 0.688. The first-order valence-corrected chi connectivity index (χ1v) is 4.10. The molecule has 2 rings (SSSR count). The number of nitrogen functional groups attached to an aromatic ring is 1. The van der Waals surface area contributed by atoms with E-state index in [4.69, 9.17) is 11.1 Å². The molecule has 0 spiro atoms. The summed E-state index contributed by atoms with van der Waals surface area (Å²) in [5, 5.41) is 9.29. The first-order chi connectivity index (χ1) is 6.33. The van der Waals surface area contributed by atoms with Crippen molar-refractivity contribution < 1.29 is 0 Å². The molecule has 0 saturated heterocycles. The van der Waals surface area contributed by atoms with Crippen molar-refractivity contribution in [1.82, 2.24) is 0 Å². The second-order valence-corrected chi connectivity index (χ2v) is 2.93. The van der Waals surface area contributed by atoms with Crippen molar-refractivity contribution in [2.75, 3.05) is 5.73 Å². The average molecular weight is 170 g/mol. The molecule has 0 aliphatic heterocycles. The van der Waals surface area contributed by atoms with Gasteiger partial charge in [-0.15, -0.1) is 0 Å². The van der Waals surface area contributed by atoms with Crippen molar-refractivity contribution in [1.29, 1.82) is 5.41 Å². The summed E-state index contributed by atoms with van der Waals surface area (Å²) >= 11 is 0. The third-order valence-electron chi connectivity index (χ3n) is 2.16. The van der Waals surface area contributed by atoms with Crippen LogP contribution < -0.4 is 5.73 Å². The second kappa shape index (κ2) is 2.90. The van der Waals surface area contributed by atoms with Crippen LogP contribution in [0.2, 0.25) is 0 Å². The fraction of sp³-hybridized carbons (Fsp3) is 0. The molecule has 0 unspecified atom stereocenters. The molecule has 2 heteroatoms. The van der Waals surface area contributed by atoms with Gasteiger partial charge in [-0.1, -0.05) is 36.4 Å². The summed E-state index contributed by atoms with van der Waals surface area (Å²) in [6, 6.07) is 11.8. The Kier molecular flexibility index (Phi) is 1.74. The normalized spacial score (nSPS) is 10.2. The Hall–Kier alpha value is -1.83. The van der Waals surface area contributed by atoms with E-state index in [1.807, 2.05) is 36.4 Å². The molecular formula is C11H10N2. The number of nitrogens with one attached hydrogen (secondary N) is 1. The first kappa shape index (κ1) is 7.80. The Morgan fingerprint density at radius 3 is 2.62 bits per heavy atom. The lowest BCUT2D eigenvalue weighted by Crippen LogP contribution is -1.93. The van der Waals surface area contributed by atoms with E-state index in [9.17, 15) is 0 Å². The van der Waals surface area contributed by atoms with Crippen LogP contribution in [0.15, 0.2) is 36.4 Å². The molecule has 2 nitrogen and oxygen atoms in total. The number of rotatable bonds is 1. The summed E-state index contributed by atoms with van der Waals surface area (Å²) in [6.07, 6.45) is 1.28. The van der Waals surface area contributed by atoms with Crippen LogP contribution in [0.25, 0.3) is 10.8 Å². The maximum Gasteiger partial charge on any atom is 0.0482 e. The highest BCUT2D eigenvalue weighted by molar-refractivity contribution is 6.01. The van der Waals surface area contributed by atoms with Crippen molar-refractivity contribution in [2.45, 2.75) is 0 Å². The molecule has 0 aliphatic carbocycles. The summed E-state index contributed by atoms with van der Waals surface area (Å²) in [5.74, 6) is 0. The van der Waals surface area contributed by atoms with Gasteiger partial charge in [-0.25, -0.2) is 0 Å². The van der Waals surface area contributed by atoms with Crippen LogP contribution in [0.3, 0.4) is 0 Å². The van der Waals surface area contributed by atoms with Gasteiger partial charge < -0.3 is 11.1 Å². The number of hydrogen-bond donors (Lipinski definition) is 2. The minimum Gasteiger partial charge on any atom is -0.398 e. The molecule has 0 bridgehead atoms. The number of fused-ring (bicyclic) bond motifs is 1. The van der Waals surface area contributed by atoms with Crippen LogP contribution in [-0.4, -0.2) is 6.21 Å². The zero-order valence-corrected chi connectivity index (χ0v) is 7.12. The smallest absolute Gasteiger partial charge is 0.0482 e. The summed E-state index contributed by atoms with van der Waals surface area (Å²) in [7, 11) is 0. The van der Waals surface area contributed by atoms with E-state index in [2.05, 4.69) is 0 Å². The van der Waals surface area contributed by atoms with Gasteiger partial charge in [0.2, 0.25) is 0 Å². The molecule has 0 aromatic heterocycles. The topological polar surface area (TPSA) is 49.9 Å². The number of anilines is 1. The molecule has 0 aliphatic rings. The summed E-state index contributed by atoms with van der Waals surface area (Å²) in [6.45, 7) is 0. The van der Waals surface area contributed by atoms with Gasteiger partial charge >= 0.3 is 0 Å². The van der Waals surface area contributed by atoms with Gasteiger partial charge in [0.05, 0.1) is 0 Å². The van der Waals surface area contributed by atoms with E-state index in [0.29, 0.717) is 5.69 Å².